The molecule has 21 heavy (non-hydrogen) atoms. The molecule has 0 amide bonds. The third-order valence-corrected chi connectivity index (χ3v) is 2.62. The number of rotatable bonds is 5. The van der Waals surface area contributed by atoms with Gasteiger partial charge in [-0.2, -0.15) is 0 Å². The van der Waals surface area contributed by atoms with Gasteiger partial charge in [0.25, 0.3) is 0 Å². The molecular weight excluding hydrogens is 274 g/mol. The number of unbranched alkanes of at least 4 members (excludes halogenated alkanes) is 1. The van der Waals surface area contributed by atoms with Gasteiger partial charge in [0.15, 0.2) is 6.10 Å². The largest absolute Gasteiger partial charge is 0.463 e. The van der Waals surface area contributed by atoms with Crippen LogP contribution in [0.2, 0.25) is 0 Å². The molecule has 0 aromatic carbocycles. The van der Waals surface area contributed by atoms with Gasteiger partial charge in [0.2, 0.25) is 0 Å². The lowest BCUT2D eigenvalue weighted by molar-refractivity contribution is -0.154. The fourth-order valence-corrected chi connectivity index (χ4v) is 1.61. The van der Waals surface area contributed by atoms with Crippen molar-refractivity contribution in [1.29, 1.82) is 0 Å². The zero-order chi connectivity index (χ0) is 16.0. The van der Waals surface area contributed by atoms with Crippen molar-refractivity contribution in [2.45, 2.75) is 52.2 Å². The summed E-state index contributed by atoms with van der Waals surface area (Å²) in [7, 11) is 0. The molecule has 1 rings (SSSR count). The number of aliphatic hydroxyl groups is 1. The zero-order valence-electron chi connectivity index (χ0n) is 13.0. The first kappa shape index (κ1) is 17.2. The summed E-state index contributed by atoms with van der Waals surface area (Å²) in [6, 6.07) is 3.04. The Morgan fingerprint density at radius 3 is 2.62 bits per heavy atom. The summed E-state index contributed by atoms with van der Waals surface area (Å²) in [6.07, 6.45) is 0.891. The van der Waals surface area contributed by atoms with Crippen molar-refractivity contribution in [3.05, 3.63) is 24.0 Å². The predicted molar refractivity (Wildman–Crippen MR) is 76.9 cm³/mol. The third-order valence-electron chi connectivity index (χ3n) is 2.62. The smallest absolute Gasteiger partial charge is 0.418 e. The van der Waals surface area contributed by atoms with Crippen LogP contribution in [-0.2, 0) is 14.3 Å². The van der Waals surface area contributed by atoms with Crippen LogP contribution in [-0.4, -0.2) is 33.9 Å². The highest BCUT2D eigenvalue weighted by atomic mass is 16.6. The summed E-state index contributed by atoms with van der Waals surface area (Å²) >= 11 is 0. The molecule has 118 valence electrons. The Balaban J connectivity index is 2.78. The van der Waals surface area contributed by atoms with Gasteiger partial charge in [-0.3, -0.25) is 4.57 Å². The molecule has 1 aromatic rings. The molecule has 0 radical (unpaired) electrons. The molecule has 1 N–H and O–H groups in total. The number of hydrogen-bond acceptors (Lipinski definition) is 5. The topological polar surface area (TPSA) is 77.8 Å². The van der Waals surface area contributed by atoms with Crippen LogP contribution in [0, 0.1) is 0 Å². The van der Waals surface area contributed by atoms with Gasteiger partial charge in [-0.1, -0.05) is 13.3 Å². The highest BCUT2D eigenvalue weighted by molar-refractivity contribution is 5.79. The molecule has 0 aliphatic heterocycles. The molecule has 0 aliphatic rings. The average molecular weight is 297 g/mol. The number of carbonyl (C=O) groups excluding carboxylic acids is 2. The number of hydrogen-bond donors (Lipinski definition) is 1. The first-order valence-electron chi connectivity index (χ1n) is 7.01. The number of ether oxygens (including phenoxy) is 2. The number of nitrogens with zero attached hydrogens (tertiary/aromatic N) is 1. The molecule has 0 fully saturated rings. The van der Waals surface area contributed by atoms with E-state index in [0.29, 0.717) is 0 Å². The Morgan fingerprint density at radius 2 is 2.05 bits per heavy atom. The second kappa shape index (κ2) is 7.26. The van der Waals surface area contributed by atoms with E-state index in [0.717, 1.165) is 17.4 Å². The standard InChI is InChI=1S/C15H23NO5/c1-5-6-10-20-13(18)12(17)11-8-7-9-16(11)14(19)21-15(2,3)4/h7-9,12,17H,5-6,10H2,1-4H3/t12-/m1/s1. The maximum atomic E-state index is 12.0. The number of aliphatic hydroxyl groups excluding tert-OH is 1. The predicted octanol–water partition coefficient (Wildman–Crippen LogP) is 2.65. The molecule has 6 heteroatoms. The van der Waals surface area contributed by atoms with Gasteiger partial charge >= 0.3 is 12.1 Å². The minimum Gasteiger partial charge on any atom is -0.463 e. The van der Waals surface area contributed by atoms with Crippen LogP contribution in [0.25, 0.3) is 0 Å². The number of esters is 1. The average Bonchev–Trinajstić information content (AvgIpc) is 2.85. The monoisotopic (exact) mass is 297 g/mol. The van der Waals surface area contributed by atoms with Crippen LogP contribution in [0.1, 0.15) is 52.3 Å². The number of aromatic nitrogens is 1. The molecule has 1 aromatic heterocycles. The lowest BCUT2D eigenvalue weighted by atomic mass is 10.2. The molecule has 0 saturated carbocycles. The van der Waals surface area contributed by atoms with E-state index in [4.69, 9.17) is 9.47 Å². The van der Waals surface area contributed by atoms with E-state index in [1.165, 1.54) is 12.3 Å². The van der Waals surface area contributed by atoms with Gasteiger partial charge in [-0.25, -0.2) is 9.59 Å². The van der Waals surface area contributed by atoms with E-state index in [2.05, 4.69) is 0 Å². The molecular formula is C15H23NO5. The van der Waals surface area contributed by atoms with E-state index >= 15 is 0 Å². The van der Waals surface area contributed by atoms with Crippen LogP contribution in [0.5, 0.6) is 0 Å². The van der Waals surface area contributed by atoms with E-state index in [9.17, 15) is 14.7 Å². The SMILES string of the molecule is CCCCOC(=O)[C@H](O)c1cccn1C(=O)OC(C)(C)C. The Bertz CT molecular complexity index is 486. The Morgan fingerprint density at radius 1 is 1.38 bits per heavy atom. The summed E-state index contributed by atoms with van der Waals surface area (Å²) in [5.74, 6) is -0.771. The molecule has 0 bridgehead atoms. The maximum absolute atomic E-state index is 12.0. The summed E-state index contributed by atoms with van der Waals surface area (Å²) in [5, 5.41) is 10.0. The van der Waals surface area contributed by atoms with E-state index in [-0.39, 0.29) is 12.3 Å². The van der Waals surface area contributed by atoms with Gasteiger partial charge in [-0.05, 0) is 39.3 Å². The highest BCUT2D eigenvalue weighted by Gasteiger charge is 2.26. The zero-order valence-corrected chi connectivity index (χ0v) is 13.0. The lowest BCUT2D eigenvalue weighted by Gasteiger charge is -2.21. The summed E-state index contributed by atoms with van der Waals surface area (Å²) in [6.45, 7) is 7.44. The molecule has 0 unspecified atom stereocenters. The molecule has 1 atom stereocenters. The van der Waals surface area contributed by atoms with Gasteiger partial charge in [0.1, 0.15) is 5.60 Å². The first-order valence-corrected chi connectivity index (χ1v) is 7.01. The van der Waals surface area contributed by atoms with E-state index in [1.807, 2.05) is 6.92 Å². The van der Waals surface area contributed by atoms with Crippen molar-refractivity contribution in [3.63, 3.8) is 0 Å². The van der Waals surface area contributed by atoms with Crippen LogP contribution in [0.4, 0.5) is 4.79 Å². The quantitative estimate of drug-likeness (QED) is 0.667. The first-order chi connectivity index (χ1) is 9.76. The minimum absolute atomic E-state index is 0.130. The molecule has 6 nitrogen and oxygen atoms in total. The summed E-state index contributed by atoms with van der Waals surface area (Å²) < 4.78 is 11.3. The fourth-order valence-electron chi connectivity index (χ4n) is 1.61. The van der Waals surface area contributed by atoms with Crippen molar-refractivity contribution >= 4 is 12.1 Å². The van der Waals surface area contributed by atoms with Crippen molar-refractivity contribution in [1.82, 2.24) is 4.57 Å². The van der Waals surface area contributed by atoms with Gasteiger partial charge in [-0.15, -0.1) is 0 Å². The van der Waals surface area contributed by atoms with Gasteiger partial charge in [0, 0.05) is 6.20 Å². The number of carbonyl (C=O) groups is 2. The second-order valence-corrected chi connectivity index (χ2v) is 5.71. The van der Waals surface area contributed by atoms with Crippen molar-refractivity contribution < 1.29 is 24.2 Å². The Hall–Kier alpha value is -1.82. The molecule has 0 spiro atoms. The van der Waals surface area contributed by atoms with Gasteiger partial charge < -0.3 is 14.6 Å². The van der Waals surface area contributed by atoms with Crippen LogP contribution < -0.4 is 0 Å². The van der Waals surface area contributed by atoms with E-state index < -0.39 is 23.8 Å². The molecule has 0 aliphatic carbocycles. The van der Waals surface area contributed by atoms with Crippen molar-refractivity contribution in [2.24, 2.45) is 0 Å². The van der Waals surface area contributed by atoms with E-state index in [1.54, 1.807) is 26.8 Å². The normalized spacial score (nSPS) is 12.8. The van der Waals surface area contributed by atoms with Crippen LogP contribution in [0.15, 0.2) is 18.3 Å². The maximum Gasteiger partial charge on any atom is 0.418 e. The Kier molecular flexibility index (Phi) is 5.96. The summed E-state index contributed by atoms with van der Waals surface area (Å²) in [4.78, 5) is 23.7. The third kappa shape index (κ3) is 5.23. The van der Waals surface area contributed by atoms with Crippen molar-refractivity contribution in [3.8, 4) is 0 Å². The van der Waals surface area contributed by atoms with Gasteiger partial charge in [0.05, 0.1) is 12.3 Å². The van der Waals surface area contributed by atoms with Crippen LogP contribution in [0.3, 0.4) is 0 Å². The van der Waals surface area contributed by atoms with Crippen molar-refractivity contribution in [2.75, 3.05) is 6.61 Å². The molecule has 1 heterocycles. The second-order valence-electron chi connectivity index (χ2n) is 5.71. The fraction of sp³-hybridized carbons (Fsp3) is 0.600. The van der Waals surface area contributed by atoms with Crippen LogP contribution >= 0.6 is 0 Å². The minimum atomic E-state index is -1.51. The lowest BCUT2D eigenvalue weighted by Crippen LogP contribution is -2.29. The molecule has 0 saturated heterocycles. The Labute approximate surface area is 124 Å². The summed E-state index contributed by atoms with van der Waals surface area (Å²) in [5.41, 5.74) is -0.531. The highest BCUT2D eigenvalue weighted by Crippen LogP contribution is 2.18.